The molecule has 0 aromatic carbocycles. The Bertz CT molecular complexity index is 297. The first-order chi connectivity index (χ1) is 9.91. The van der Waals surface area contributed by atoms with Crippen LogP contribution in [0.1, 0.15) is 96.8 Å². The lowest BCUT2D eigenvalue weighted by atomic mass is 10.0. The molecule has 0 atom stereocenters. The molecule has 0 heterocycles. The summed E-state index contributed by atoms with van der Waals surface area (Å²) in [6.07, 6.45) is 20.2. The molecule has 0 aromatic heterocycles. The summed E-state index contributed by atoms with van der Waals surface area (Å²) in [4.78, 5) is 0. The summed E-state index contributed by atoms with van der Waals surface area (Å²) in [5, 5.41) is 9.81. The maximum Gasteiger partial charge on any atom is 0.186 e. The van der Waals surface area contributed by atoms with E-state index in [0.717, 1.165) is 12.8 Å². The number of rotatable bonds is 13. The van der Waals surface area contributed by atoms with Crippen LogP contribution in [0.3, 0.4) is 0 Å². The molecule has 0 aliphatic carbocycles. The summed E-state index contributed by atoms with van der Waals surface area (Å²) < 4.78 is 0. The van der Waals surface area contributed by atoms with E-state index in [9.17, 15) is 5.11 Å². The summed E-state index contributed by atoms with van der Waals surface area (Å²) in [7, 11) is 0. The normalized spacial score (nSPS) is 9.45. The highest BCUT2D eigenvalue weighted by Crippen LogP contribution is 2.12. The monoisotopic (exact) mass is 275 g/mol. The molecule has 0 saturated heterocycles. The van der Waals surface area contributed by atoms with Crippen molar-refractivity contribution in [2.45, 2.75) is 96.8 Å². The lowest BCUT2D eigenvalue weighted by molar-refractivity contribution is 0.392. The van der Waals surface area contributed by atoms with E-state index in [1.807, 2.05) is 0 Å². The lowest BCUT2D eigenvalue weighted by Crippen LogP contribution is -1.82. The van der Waals surface area contributed by atoms with Crippen molar-refractivity contribution < 1.29 is 5.11 Å². The summed E-state index contributed by atoms with van der Waals surface area (Å²) in [6.45, 7) is 2.27. The van der Waals surface area contributed by atoms with E-state index >= 15 is 0 Å². The SMILES string of the molecule is CCCCCCCCCCCCCCCC#CC#C[O]. The van der Waals surface area contributed by atoms with Crippen LogP contribution in [-0.4, -0.2) is 0 Å². The Kier molecular flexibility index (Phi) is 17.0. The zero-order valence-electron chi connectivity index (χ0n) is 13.3. The van der Waals surface area contributed by atoms with Gasteiger partial charge in [0.25, 0.3) is 0 Å². The average molecular weight is 275 g/mol. The van der Waals surface area contributed by atoms with Gasteiger partial charge in [-0.25, -0.2) is 5.11 Å². The van der Waals surface area contributed by atoms with Crippen molar-refractivity contribution >= 4 is 0 Å². The van der Waals surface area contributed by atoms with Crippen LogP contribution in [0.2, 0.25) is 0 Å². The standard InChI is InChI=1S/C19H31O/c1-2-3-4-5-6-7-8-9-10-11-12-13-14-15-16-17-18-19-20/h2-15H2,1H3. The summed E-state index contributed by atoms with van der Waals surface area (Å²) in [5.74, 6) is 7.69. The molecule has 0 aromatic rings. The van der Waals surface area contributed by atoms with E-state index in [1.54, 1.807) is 6.11 Å². The van der Waals surface area contributed by atoms with E-state index in [2.05, 4.69) is 24.7 Å². The van der Waals surface area contributed by atoms with E-state index in [0.29, 0.717) is 0 Å². The highest BCUT2D eigenvalue weighted by atomic mass is 16.2. The fourth-order valence-electron chi connectivity index (χ4n) is 2.36. The second kappa shape index (κ2) is 17.9. The van der Waals surface area contributed by atoms with E-state index in [4.69, 9.17) is 0 Å². The van der Waals surface area contributed by atoms with Gasteiger partial charge in [0.2, 0.25) is 0 Å². The largest absolute Gasteiger partial charge is 0.223 e. The zero-order valence-corrected chi connectivity index (χ0v) is 13.3. The molecule has 0 unspecified atom stereocenters. The smallest absolute Gasteiger partial charge is 0.186 e. The van der Waals surface area contributed by atoms with Crippen LogP contribution in [-0.2, 0) is 5.11 Å². The van der Waals surface area contributed by atoms with Crippen molar-refractivity contribution in [2.75, 3.05) is 0 Å². The first-order valence-electron chi connectivity index (χ1n) is 8.51. The van der Waals surface area contributed by atoms with E-state index < -0.39 is 0 Å². The number of unbranched alkanes of at least 4 members (excludes halogenated alkanes) is 13. The molecule has 0 aliphatic rings. The molecule has 1 heteroatoms. The van der Waals surface area contributed by atoms with E-state index in [-0.39, 0.29) is 0 Å². The third-order valence-electron chi connectivity index (χ3n) is 3.61. The van der Waals surface area contributed by atoms with Gasteiger partial charge in [-0.2, -0.15) is 0 Å². The molecule has 0 spiro atoms. The summed E-state index contributed by atoms with van der Waals surface area (Å²) >= 11 is 0. The molecule has 20 heavy (non-hydrogen) atoms. The van der Waals surface area contributed by atoms with Crippen LogP contribution >= 0.6 is 0 Å². The molecular weight excluding hydrogens is 244 g/mol. The molecule has 0 bridgehead atoms. The van der Waals surface area contributed by atoms with Gasteiger partial charge in [-0.05, 0) is 12.3 Å². The average Bonchev–Trinajstić information content (AvgIpc) is 2.47. The van der Waals surface area contributed by atoms with Gasteiger partial charge in [0.05, 0.1) is 0 Å². The third kappa shape index (κ3) is 16.9. The van der Waals surface area contributed by atoms with Gasteiger partial charge >= 0.3 is 0 Å². The maximum absolute atomic E-state index is 9.81. The zero-order chi connectivity index (χ0) is 14.7. The van der Waals surface area contributed by atoms with Crippen LogP contribution in [0.4, 0.5) is 0 Å². The first-order valence-corrected chi connectivity index (χ1v) is 8.51. The second-order valence-electron chi connectivity index (χ2n) is 5.52. The highest BCUT2D eigenvalue weighted by Gasteiger charge is 1.93. The lowest BCUT2D eigenvalue weighted by Gasteiger charge is -2.02. The Hall–Kier alpha value is -1.08. The summed E-state index contributed by atoms with van der Waals surface area (Å²) in [6, 6.07) is 0. The van der Waals surface area contributed by atoms with Crippen LogP contribution < -0.4 is 0 Å². The molecule has 0 saturated carbocycles. The molecular formula is C19H31O. The minimum absolute atomic E-state index is 0.881. The molecule has 1 radical (unpaired) electrons. The predicted octanol–water partition coefficient (Wildman–Crippen LogP) is 5.86. The Labute approximate surface area is 126 Å². The van der Waals surface area contributed by atoms with Gasteiger partial charge in [-0.1, -0.05) is 89.9 Å². The van der Waals surface area contributed by atoms with Crippen molar-refractivity contribution in [3.63, 3.8) is 0 Å². The topological polar surface area (TPSA) is 19.9 Å². The first kappa shape index (κ1) is 18.9. The predicted molar refractivity (Wildman–Crippen MR) is 86.6 cm³/mol. The Morgan fingerprint density at radius 3 is 1.50 bits per heavy atom. The molecule has 0 aliphatic heterocycles. The van der Waals surface area contributed by atoms with E-state index in [1.165, 1.54) is 77.0 Å². The van der Waals surface area contributed by atoms with Crippen LogP contribution in [0.5, 0.6) is 0 Å². The van der Waals surface area contributed by atoms with Gasteiger partial charge in [-0.3, -0.25) is 0 Å². The third-order valence-corrected chi connectivity index (χ3v) is 3.61. The highest BCUT2D eigenvalue weighted by molar-refractivity contribution is 5.23. The number of hydrogen-bond donors (Lipinski definition) is 0. The van der Waals surface area contributed by atoms with Gasteiger partial charge < -0.3 is 0 Å². The number of hydrogen-bond acceptors (Lipinski definition) is 0. The van der Waals surface area contributed by atoms with Gasteiger partial charge in [0, 0.05) is 12.3 Å². The molecule has 0 N–H and O–H groups in total. The van der Waals surface area contributed by atoms with Crippen molar-refractivity contribution in [1.29, 1.82) is 0 Å². The molecule has 0 rings (SSSR count). The van der Waals surface area contributed by atoms with Crippen molar-refractivity contribution in [1.82, 2.24) is 0 Å². The molecule has 1 nitrogen and oxygen atoms in total. The molecule has 0 fully saturated rings. The fourth-order valence-corrected chi connectivity index (χ4v) is 2.36. The Balaban J connectivity index is 3.02. The minimum atomic E-state index is 0.881. The Morgan fingerprint density at radius 2 is 1.05 bits per heavy atom. The van der Waals surface area contributed by atoms with Gasteiger partial charge in [0.1, 0.15) is 0 Å². The van der Waals surface area contributed by atoms with Crippen molar-refractivity contribution in [2.24, 2.45) is 0 Å². The second-order valence-corrected chi connectivity index (χ2v) is 5.52. The quantitative estimate of drug-likeness (QED) is 0.296. The molecule has 0 amide bonds. The van der Waals surface area contributed by atoms with Crippen molar-refractivity contribution in [3.05, 3.63) is 0 Å². The van der Waals surface area contributed by atoms with Gasteiger partial charge in [0.15, 0.2) is 6.11 Å². The van der Waals surface area contributed by atoms with Gasteiger partial charge in [-0.15, -0.1) is 0 Å². The fraction of sp³-hybridized carbons (Fsp3) is 0.789. The Morgan fingerprint density at radius 1 is 0.600 bits per heavy atom. The van der Waals surface area contributed by atoms with Crippen LogP contribution in [0.25, 0.3) is 0 Å². The summed E-state index contributed by atoms with van der Waals surface area (Å²) in [5.41, 5.74) is 0. The van der Waals surface area contributed by atoms with Crippen molar-refractivity contribution in [3.8, 4) is 23.9 Å². The minimum Gasteiger partial charge on any atom is -0.223 e. The van der Waals surface area contributed by atoms with Crippen LogP contribution in [0, 0.1) is 23.9 Å². The maximum atomic E-state index is 9.81. The molecule has 113 valence electrons. The van der Waals surface area contributed by atoms with Crippen LogP contribution in [0.15, 0.2) is 0 Å².